The monoisotopic (exact) mass is 254 g/mol. The topological polar surface area (TPSA) is 68.5 Å². The molecule has 3 rings (SSSR count). The fraction of sp³-hybridized carbons (Fsp3) is 0.231. The van der Waals surface area contributed by atoms with Gasteiger partial charge in [-0.2, -0.15) is 5.10 Å². The van der Waals surface area contributed by atoms with E-state index in [4.69, 9.17) is 0 Å². The van der Waals surface area contributed by atoms with Gasteiger partial charge < -0.3 is 5.32 Å². The van der Waals surface area contributed by atoms with Gasteiger partial charge in [-0.15, -0.1) is 10.2 Å². The summed E-state index contributed by atoms with van der Waals surface area (Å²) in [6.45, 7) is 2.81. The minimum absolute atomic E-state index is 0.169. The predicted molar refractivity (Wildman–Crippen MR) is 72.6 cm³/mol. The van der Waals surface area contributed by atoms with Crippen LogP contribution in [0.15, 0.2) is 42.7 Å². The fourth-order valence-corrected chi connectivity index (χ4v) is 1.90. The summed E-state index contributed by atoms with van der Waals surface area (Å²) in [6.07, 6.45) is 3.69. The second-order valence-corrected chi connectivity index (χ2v) is 4.40. The molecule has 0 aliphatic heterocycles. The summed E-state index contributed by atoms with van der Waals surface area (Å²) in [6, 6.07) is 9.75. The molecule has 0 aliphatic carbocycles. The molecule has 0 spiro atoms. The highest BCUT2D eigenvalue weighted by Crippen LogP contribution is 2.09. The van der Waals surface area contributed by atoms with Crippen molar-refractivity contribution in [2.45, 2.75) is 19.5 Å². The van der Waals surface area contributed by atoms with Crippen molar-refractivity contribution in [1.29, 1.82) is 0 Å². The van der Waals surface area contributed by atoms with Crippen molar-refractivity contribution in [3.8, 4) is 0 Å². The molecule has 6 nitrogen and oxygen atoms in total. The van der Waals surface area contributed by atoms with Gasteiger partial charge in [-0.3, -0.25) is 4.68 Å². The molecule has 2 heterocycles. The van der Waals surface area contributed by atoms with Crippen LogP contribution in [0.2, 0.25) is 0 Å². The number of benzene rings is 1. The SMILES string of the molecule is CC(Cn1cccn1)Nc1nnc2ccccc2n1. The van der Waals surface area contributed by atoms with Gasteiger partial charge in [-0.1, -0.05) is 12.1 Å². The predicted octanol–water partition coefficient (Wildman–Crippen LogP) is 1.72. The molecule has 1 atom stereocenters. The lowest BCUT2D eigenvalue weighted by Crippen LogP contribution is -2.23. The summed E-state index contributed by atoms with van der Waals surface area (Å²) in [7, 11) is 0. The van der Waals surface area contributed by atoms with Crippen molar-refractivity contribution in [2.24, 2.45) is 0 Å². The number of anilines is 1. The van der Waals surface area contributed by atoms with E-state index in [1.807, 2.05) is 41.2 Å². The zero-order chi connectivity index (χ0) is 13.1. The molecule has 0 saturated carbocycles. The van der Waals surface area contributed by atoms with Crippen LogP contribution in [0.4, 0.5) is 5.95 Å². The molecule has 96 valence electrons. The number of fused-ring (bicyclic) bond motifs is 1. The van der Waals surface area contributed by atoms with E-state index in [0.717, 1.165) is 17.6 Å². The van der Waals surface area contributed by atoms with E-state index in [1.165, 1.54) is 0 Å². The molecule has 2 aromatic heterocycles. The third-order valence-electron chi connectivity index (χ3n) is 2.76. The largest absolute Gasteiger partial charge is 0.349 e. The van der Waals surface area contributed by atoms with E-state index in [2.05, 4.69) is 32.5 Å². The lowest BCUT2D eigenvalue weighted by molar-refractivity contribution is 0.558. The molecule has 0 bridgehead atoms. The minimum atomic E-state index is 0.169. The molecule has 0 saturated heterocycles. The second kappa shape index (κ2) is 5.01. The van der Waals surface area contributed by atoms with E-state index in [1.54, 1.807) is 6.20 Å². The van der Waals surface area contributed by atoms with E-state index in [0.29, 0.717) is 5.95 Å². The Kier molecular flexibility index (Phi) is 3.06. The molecule has 0 fully saturated rings. The first kappa shape index (κ1) is 11.6. The number of aromatic nitrogens is 5. The van der Waals surface area contributed by atoms with Crippen molar-refractivity contribution < 1.29 is 0 Å². The van der Waals surface area contributed by atoms with Crippen LogP contribution in [0.1, 0.15) is 6.92 Å². The first-order chi connectivity index (χ1) is 9.31. The normalized spacial score (nSPS) is 12.5. The Morgan fingerprint density at radius 2 is 2.00 bits per heavy atom. The number of hydrogen-bond acceptors (Lipinski definition) is 5. The molecule has 1 aromatic carbocycles. The molecule has 0 aliphatic rings. The third kappa shape index (κ3) is 2.67. The van der Waals surface area contributed by atoms with Crippen molar-refractivity contribution in [1.82, 2.24) is 25.0 Å². The molecule has 0 radical (unpaired) electrons. The molecule has 1 unspecified atom stereocenters. The number of rotatable bonds is 4. The molecular weight excluding hydrogens is 240 g/mol. The van der Waals surface area contributed by atoms with Crippen LogP contribution in [0.5, 0.6) is 0 Å². The Hall–Kier alpha value is -2.50. The summed E-state index contributed by atoms with van der Waals surface area (Å²) < 4.78 is 1.87. The van der Waals surface area contributed by atoms with Gasteiger partial charge in [0.25, 0.3) is 0 Å². The quantitative estimate of drug-likeness (QED) is 0.767. The smallest absolute Gasteiger partial charge is 0.243 e. The van der Waals surface area contributed by atoms with Crippen LogP contribution in [0.25, 0.3) is 11.0 Å². The molecule has 6 heteroatoms. The summed E-state index contributed by atoms with van der Waals surface area (Å²) in [4.78, 5) is 4.43. The average molecular weight is 254 g/mol. The average Bonchev–Trinajstić information content (AvgIpc) is 2.91. The highest BCUT2D eigenvalue weighted by atomic mass is 15.3. The first-order valence-corrected chi connectivity index (χ1v) is 6.15. The van der Waals surface area contributed by atoms with Crippen LogP contribution in [-0.2, 0) is 6.54 Å². The van der Waals surface area contributed by atoms with Crippen LogP contribution >= 0.6 is 0 Å². The Bertz CT molecular complexity index is 664. The van der Waals surface area contributed by atoms with Crippen molar-refractivity contribution in [3.05, 3.63) is 42.7 Å². The second-order valence-electron chi connectivity index (χ2n) is 4.40. The van der Waals surface area contributed by atoms with E-state index >= 15 is 0 Å². The van der Waals surface area contributed by atoms with Gasteiger partial charge in [0.15, 0.2) is 0 Å². The standard InChI is InChI=1S/C13H14N6/c1-10(9-19-8-4-7-14-19)15-13-16-11-5-2-3-6-12(11)17-18-13/h2-8,10H,9H2,1H3,(H,15,16,18). The molecule has 3 aromatic rings. The lowest BCUT2D eigenvalue weighted by Gasteiger charge is -2.13. The van der Waals surface area contributed by atoms with Crippen LogP contribution in [0.3, 0.4) is 0 Å². The fourth-order valence-electron chi connectivity index (χ4n) is 1.90. The van der Waals surface area contributed by atoms with Gasteiger partial charge in [0, 0.05) is 18.4 Å². The van der Waals surface area contributed by atoms with Gasteiger partial charge in [0.05, 0.1) is 12.1 Å². The zero-order valence-electron chi connectivity index (χ0n) is 10.6. The number of para-hydroxylation sites is 1. The Labute approximate surface area is 110 Å². The number of hydrogen-bond donors (Lipinski definition) is 1. The van der Waals surface area contributed by atoms with E-state index in [-0.39, 0.29) is 6.04 Å². The summed E-state index contributed by atoms with van der Waals surface area (Å²) in [5.74, 6) is 0.540. The maximum absolute atomic E-state index is 4.43. The molecule has 0 amide bonds. The van der Waals surface area contributed by atoms with Gasteiger partial charge in [-0.05, 0) is 25.1 Å². The van der Waals surface area contributed by atoms with Crippen molar-refractivity contribution in [2.75, 3.05) is 5.32 Å². The Morgan fingerprint density at radius 1 is 1.16 bits per heavy atom. The highest BCUT2D eigenvalue weighted by Gasteiger charge is 2.06. The minimum Gasteiger partial charge on any atom is -0.349 e. The summed E-state index contributed by atoms with van der Waals surface area (Å²) >= 11 is 0. The third-order valence-corrected chi connectivity index (χ3v) is 2.76. The highest BCUT2D eigenvalue weighted by molar-refractivity contribution is 5.74. The number of nitrogens with one attached hydrogen (secondary N) is 1. The summed E-state index contributed by atoms with van der Waals surface area (Å²) in [5, 5.41) is 15.6. The zero-order valence-corrected chi connectivity index (χ0v) is 10.6. The van der Waals surface area contributed by atoms with Crippen LogP contribution in [-0.4, -0.2) is 31.0 Å². The van der Waals surface area contributed by atoms with Gasteiger partial charge >= 0.3 is 0 Å². The lowest BCUT2D eigenvalue weighted by atomic mass is 10.3. The summed E-state index contributed by atoms with van der Waals surface area (Å²) in [5.41, 5.74) is 1.64. The van der Waals surface area contributed by atoms with Gasteiger partial charge in [0.1, 0.15) is 5.52 Å². The Morgan fingerprint density at radius 3 is 2.79 bits per heavy atom. The van der Waals surface area contributed by atoms with Crippen LogP contribution < -0.4 is 5.32 Å². The van der Waals surface area contributed by atoms with E-state index < -0.39 is 0 Å². The molecule has 1 N–H and O–H groups in total. The first-order valence-electron chi connectivity index (χ1n) is 6.15. The Balaban J connectivity index is 1.73. The maximum Gasteiger partial charge on any atom is 0.243 e. The molecular formula is C13H14N6. The van der Waals surface area contributed by atoms with Crippen molar-refractivity contribution >= 4 is 17.0 Å². The van der Waals surface area contributed by atoms with Gasteiger partial charge in [-0.25, -0.2) is 4.98 Å². The van der Waals surface area contributed by atoms with Gasteiger partial charge in [0.2, 0.25) is 5.95 Å². The maximum atomic E-state index is 4.43. The van der Waals surface area contributed by atoms with Crippen molar-refractivity contribution in [3.63, 3.8) is 0 Å². The number of nitrogens with zero attached hydrogens (tertiary/aromatic N) is 5. The van der Waals surface area contributed by atoms with Crippen LogP contribution in [0, 0.1) is 0 Å². The molecule has 19 heavy (non-hydrogen) atoms. The van der Waals surface area contributed by atoms with E-state index in [9.17, 15) is 0 Å².